The van der Waals surface area contributed by atoms with Crippen LogP contribution in [0.2, 0.25) is 0 Å². The number of carbonyl (C=O) groups is 1. The standard InChI is InChI=1S/C6H8F5NO/c1-5(2,6(9,10)11)12-4(13)3(7)8/h3H,1-2H3,(H,12,13). The van der Waals surface area contributed by atoms with Crippen LogP contribution in [0.3, 0.4) is 0 Å². The molecule has 0 radical (unpaired) electrons. The molecule has 0 aliphatic rings. The third-order valence-electron chi connectivity index (χ3n) is 1.34. The molecule has 7 heteroatoms. The number of carbonyl (C=O) groups excluding carboxylic acids is 1. The number of hydrogen-bond donors (Lipinski definition) is 1. The maximum absolute atomic E-state index is 12.0. The van der Waals surface area contributed by atoms with E-state index < -0.39 is 24.0 Å². The summed E-state index contributed by atoms with van der Waals surface area (Å²) in [6.07, 6.45) is -8.20. The van der Waals surface area contributed by atoms with Gasteiger partial charge in [-0.3, -0.25) is 4.79 Å². The van der Waals surface area contributed by atoms with E-state index in [-0.39, 0.29) is 0 Å². The lowest BCUT2D eigenvalue weighted by Crippen LogP contribution is -2.55. The van der Waals surface area contributed by atoms with Gasteiger partial charge in [0.05, 0.1) is 0 Å². The van der Waals surface area contributed by atoms with Gasteiger partial charge < -0.3 is 5.32 Å². The molecule has 0 aliphatic carbocycles. The second-order valence-corrected chi connectivity index (χ2v) is 2.91. The smallest absolute Gasteiger partial charge is 0.337 e. The highest BCUT2D eigenvalue weighted by molar-refractivity contribution is 5.79. The first-order valence-electron chi connectivity index (χ1n) is 3.25. The van der Waals surface area contributed by atoms with Crippen molar-refractivity contribution in [1.82, 2.24) is 5.32 Å². The summed E-state index contributed by atoms with van der Waals surface area (Å²) in [7, 11) is 0. The monoisotopic (exact) mass is 205 g/mol. The molecule has 1 amide bonds. The summed E-state index contributed by atoms with van der Waals surface area (Å²) in [5.41, 5.74) is -2.64. The highest BCUT2D eigenvalue weighted by atomic mass is 19.4. The number of hydrogen-bond acceptors (Lipinski definition) is 1. The molecule has 0 aromatic rings. The predicted octanol–water partition coefficient (Wildman–Crippen LogP) is 1.71. The van der Waals surface area contributed by atoms with Crippen LogP contribution in [0, 0.1) is 0 Å². The van der Waals surface area contributed by atoms with Gasteiger partial charge in [-0.25, -0.2) is 0 Å². The fraction of sp³-hybridized carbons (Fsp3) is 0.833. The highest BCUT2D eigenvalue weighted by Crippen LogP contribution is 2.29. The molecule has 0 saturated heterocycles. The Hall–Kier alpha value is -0.880. The molecule has 1 N–H and O–H groups in total. The molecule has 0 rings (SSSR count). The molecule has 0 aromatic carbocycles. The van der Waals surface area contributed by atoms with Crippen LogP contribution in [0.5, 0.6) is 0 Å². The van der Waals surface area contributed by atoms with Gasteiger partial charge in [-0.05, 0) is 13.8 Å². The van der Waals surface area contributed by atoms with Gasteiger partial charge in [0.15, 0.2) is 0 Å². The first kappa shape index (κ1) is 12.1. The maximum atomic E-state index is 12.0. The van der Waals surface area contributed by atoms with Gasteiger partial charge in [0, 0.05) is 0 Å². The SMILES string of the molecule is CC(C)(NC(=O)C(F)F)C(F)(F)F. The second kappa shape index (κ2) is 3.47. The molecule has 78 valence electrons. The molecule has 0 bridgehead atoms. The lowest BCUT2D eigenvalue weighted by Gasteiger charge is -2.28. The summed E-state index contributed by atoms with van der Waals surface area (Å²) < 4.78 is 59.1. The van der Waals surface area contributed by atoms with Crippen molar-refractivity contribution in [2.24, 2.45) is 0 Å². The fourth-order valence-corrected chi connectivity index (χ4v) is 0.433. The van der Waals surface area contributed by atoms with Gasteiger partial charge >= 0.3 is 12.6 Å². The molecule has 0 spiro atoms. The summed E-state index contributed by atoms with van der Waals surface area (Å²) >= 11 is 0. The quantitative estimate of drug-likeness (QED) is 0.683. The van der Waals surface area contributed by atoms with Gasteiger partial charge in [-0.2, -0.15) is 22.0 Å². The third kappa shape index (κ3) is 3.16. The summed E-state index contributed by atoms with van der Waals surface area (Å²) in [6, 6.07) is 0. The zero-order valence-electron chi connectivity index (χ0n) is 6.88. The normalized spacial score (nSPS) is 13.2. The molecule has 0 aromatic heterocycles. The van der Waals surface area contributed by atoms with Crippen molar-refractivity contribution >= 4 is 5.91 Å². The first-order valence-corrected chi connectivity index (χ1v) is 3.25. The van der Waals surface area contributed by atoms with E-state index in [4.69, 9.17) is 0 Å². The molecule has 0 fully saturated rings. The topological polar surface area (TPSA) is 29.1 Å². The summed E-state index contributed by atoms with van der Waals surface area (Å²) in [4.78, 5) is 10.2. The first-order chi connectivity index (χ1) is 5.58. The molecular formula is C6H8F5NO. The molecule has 0 heterocycles. The predicted molar refractivity (Wildman–Crippen MR) is 34.3 cm³/mol. The average molecular weight is 205 g/mol. The van der Waals surface area contributed by atoms with E-state index >= 15 is 0 Å². The van der Waals surface area contributed by atoms with Crippen molar-refractivity contribution in [2.45, 2.75) is 32.0 Å². The minimum absolute atomic E-state index is 0.604. The zero-order valence-corrected chi connectivity index (χ0v) is 6.88. The van der Waals surface area contributed by atoms with Gasteiger partial charge in [0.1, 0.15) is 5.54 Å². The second-order valence-electron chi connectivity index (χ2n) is 2.91. The van der Waals surface area contributed by atoms with Gasteiger partial charge in [-0.1, -0.05) is 0 Å². The Morgan fingerprint density at radius 2 is 1.62 bits per heavy atom. The molecule has 2 nitrogen and oxygen atoms in total. The van der Waals surface area contributed by atoms with Crippen molar-refractivity contribution in [2.75, 3.05) is 0 Å². The largest absolute Gasteiger partial charge is 0.410 e. The molecular weight excluding hydrogens is 197 g/mol. The number of amides is 1. The van der Waals surface area contributed by atoms with Crippen LogP contribution in [0.4, 0.5) is 22.0 Å². The summed E-state index contributed by atoms with van der Waals surface area (Å²) in [5.74, 6) is -1.93. The van der Waals surface area contributed by atoms with Crippen molar-refractivity contribution in [3.8, 4) is 0 Å². The lowest BCUT2D eigenvalue weighted by atomic mass is 10.1. The number of nitrogens with one attached hydrogen (secondary N) is 1. The molecule has 0 saturated carbocycles. The average Bonchev–Trinajstić information content (AvgIpc) is 1.83. The van der Waals surface area contributed by atoms with Crippen LogP contribution in [-0.2, 0) is 4.79 Å². The van der Waals surface area contributed by atoms with Crippen LogP contribution in [-0.4, -0.2) is 24.0 Å². The molecule has 0 unspecified atom stereocenters. The van der Waals surface area contributed by atoms with Crippen molar-refractivity contribution < 1.29 is 26.7 Å². The number of halogens is 5. The Morgan fingerprint density at radius 3 is 1.85 bits per heavy atom. The van der Waals surface area contributed by atoms with Crippen molar-refractivity contribution in [3.05, 3.63) is 0 Å². The van der Waals surface area contributed by atoms with E-state index in [1.165, 1.54) is 5.32 Å². The van der Waals surface area contributed by atoms with Gasteiger partial charge in [0.25, 0.3) is 5.91 Å². The Morgan fingerprint density at radius 1 is 1.23 bits per heavy atom. The third-order valence-corrected chi connectivity index (χ3v) is 1.34. The van der Waals surface area contributed by atoms with Crippen LogP contribution < -0.4 is 5.32 Å². The van der Waals surface area contributed by atoms with E-state index in [1.54, 1.807) is 0 Å². The minimum atomic E-state index is -4.75. The van der Waals surface area contributed by atoms with Crippen LogP contribution in [0.1, 0.15) is 13.8 Å². The Balaban J connectivity index is 4.44. The van der Waals surface area contributed by atoms with Crippen molar-refractivity contribution in [1.29, 1.82) is 0 Å². The van der Waals surface area contributed by atoms with Crippen LogP contribution >= 0.6 is 0 Å². The maximum Gasteiger partial charge on any atom is 0.410 e. The van der Waals surface area contributed by atoms with E-state index in [9.17, 15) is 26.7 Å². The number of rotatable bonds is 2. The summed E-state index contributed by atoms with van der Waals surface area (Å²) in [6.45, 7) is 1.21. The number of alkyl halides is 5. The van der Waals surface area contributed by atoms with E-state index in [1.807, 2.05) is 0 Å². The molecule has 0 atom stereocenters. The minimum Gasteiger partial charge on any atom is -0.337 e. The van der Waals surface area contributed by atoms with Crippen LogP contribution in [0.25, 0.3) is 0 Å². The van der Waals surface area contributed by atoms with E-state index in [0.29, 0.717) is 13.8 Å². The Labute approximate surface area is 71.1 Å². The molecule has 13 heavy (non-hydrogen) atoms. The van der Waals surface area contributed by atoms with Gasteiger partial charge in [-0.15, -0.1) is 0 Å². The molecule has 0 aliphatic heterocycles. The van der Waals surface area contributed by atoms with Crippen LogP contribution in [0.15, 0.2) is 0 Å². The van der Waals surface area contributed by atoms with E-state index in [0.717, 1.165) is 0 Å². The zero-order chi connectivity index (χ0) is 10.9. The Kier molecular flexibility index (Phi) is 3.23. The fourth-order valence-electron chi connectivity index (χ4n) is 0.433. The Bertz CT molecular complexity index is 198. The lowest BCUT2D eigenvalue weighted by molar-refractivity contribution is -0.190. The highest BCUT2D eigenvalue weighted by Gasteiger charge is 2.49. The summed E-state index contributed by atoms with van der Waals surface area (Å²) in [5, 5.41) is 1.18. The van der Waals surface area contributed by atoms with Crippen molar-refractivity contribution in [3.63, 3.8) is 0 Å². The van der Waals surface area contributed by atoms with Gasteiger partial charge in [0.2, 0.25) is 0 Å². The van der Waals surface area contributed by atoms with E-state index in [2.05, 4.69) is 0 Å².